The van der Waals surface area contributed by atoms with Crippen LogP contribution in [0.15, 0.2) is 54.6 Å². The highest BCUT2D eigenvalue weighted by molar-refractivity contribution is 5.92. The highest BCUT2D eigenvalue weighted by Gasteiger charge is 2.09. The van der Waals surface area contributed by atoms with E-state index < -0.39 is 5.97 Å². The van der Waals surface area contributed by atoms with Crippen molar-refractivity contribution in [2.75, 3.05) is 7.11 Å². The number of hydrogen-bond donors (Lipinski definition) is 1. The van der Waals surface area contributed by atoms with Gasteiger partial charge in [0.15, 0.2) is 5.69 Å². The summed E-state index contributed by atoms with van der Waals surface area (Å²) in [6.45, 7) is 0. The molecule has 0 aliphatic carbocycles. The molecule has 0 aliphatic rings. The number of methoxy groups -OCH3 is 1. The maximum absolute atomic E-state index is 11.3. The molecule has 5 nitrogen and oxygen atoms in total. The maximum Gasteiger partial charge on any atom is 0.390 e. The molecule has 3 rings (SSSR count). The van der Waals surface area contributed by atoms with E-state index in [0.717, 1.165) is 22.3 Å². The Morgan fingerprint density at radius 3 is 2.41 bits per heavy atom. The summed E-state index contributed by atoms with van der Waals surface area (Å²) in [7, 11) is 1.63. The van der Waals surface area contributed by atoms with Crippen molar-refractivity contribution in [3.05, 3.63) is 60.3 Å². The second kappa shape index (κ2) is 5.83. The van der Waals surface area contributed by atoms with E-state index in [1.54, 1.807) is 13.2 Å². The Kier molecular flexibility index (Phi) is 3.72. The van der Waals surface area contributed by atoms with Crippen LogP contribution in [0, 0.1) is 0 Å². The summed E-state index contributed by atoms with van der Waals surface area (Å²) in [5.74, 6) is -0.0699. The summed E-state index contributed by atoms with van der Waals surface area (Å²) < 4.78 is 5.15. The fraction of sp³-hybridized carbons (Fsp3) is 0.0588. The molecule has 0 aliphatic heterocycles. The molecule has 1 aromatic heterocycles. The Morgan fingerprint density at radius 1 is 1.00 bits per heavy atom. The van der Waals surface area contributed by atoms with Crippen LogP contribution in [0.4, 0.5) is 0 Å². The van der Waals surface area contributed by atoms with Crippen LogP contribution >= 0.6 is 0 Å². The smallest absolute Gasteiger partial charge is 0.390 e. The number of fused-ring (bicyclic) bond motifs is 1. The zero-order valence-electron chi connectivity index (χ0n) is 11.8. The summed E-state index contributed by atoms with van der Waals surface area (Å²) in [4.78, 5) is 19.1. The third-order valence-corrected chi connectivity index (χ3v) is 3.40. The van der Waals surface area contributed by atoms with Gasteiger partial charge in [-0.3, -0.25) is 4.89 Å². The largest absolute Gasteiger partial charge is 0.497 e. The minimum atomic E-state index is -0.874. The summed E-state index contributed by atoms with van der Waals surface area (Å²) in [5, 5.41) is 9.29. The van der Waals surface area contributed by atoms with Gasteiger partial charge in [-0.25, -0.2) is 9.78 Å². The zero-order valence-corrected chi connectivity index (χ0v) is 11.8. The Morgan fingerprint density at radius 2 is 1.73 bits per heavy atom. The normalized spacial score (nSPS) is 10.5. The molecular weight excluding hydrogens is 282 g/mol. The first-order valence-corrected chi connectivity index (χ1v) is 6.62. The highest BCUT2D eigenvalue weighted by Crippen LogP contribution is 2.25. The van der Waals surface area contributed by atoms with Gasteiger partial charge in [0.1, 0.15) is 5.75 Å². The second-order valence-electron chi connectivity index (χ2n) is 4.71. The fourth-order valence-electron chi connectivity index (χ4n) is 2.25. The number of nitrogens with zero attached hydrogens (tertiary/aromatic N) is 1. The lowest BCUT2D eigenvalue weighted by molar-refractivity contribution is -0.183. The Labute approximate surface area is 126 Å². The monoisotopic (exact) mass is 295 g/mol. The molecule has 0 radical (unpaired) electrons. The van der Waals surface area contributed by atoms with Gasteiger partial charge in [-0.05, 0) is 41.5 Å². The van der Waals surface area contributed by atoms with Crippen LogP contribution < -0.4 is 4.74 Å². The average molecular weight is 295 g/mol. The summed E-state index contributed by atoms with van der Waals surface area (Å²) >= 11 is 0. The molecule has 0 atom stereocenters. The van der Waals surface area contributed by atoms with Gasteiger partial charge in [0.2, 0.25) is 0 Å². The first kappa shape index (κ1) is 14.0. The van der Waals surface area contributed by atoms with E-state index in [-0.39, 0.29) is 5.69 Å². The lowest BCUT2D eigenvalue weighted by atomic mass is 10.0. The number of rotatable bonds is 3. The lowest BCUT2D eigenvalue weighted by Crippen LogP contribution is -2.04. The quantitative estimate of drug-likeness (QED) is 0.591. The van der Waals surface area contributed by atoms with Crippen molar-refractivity contribution in [2.24, 2.45) is 0 Å². The SMILES string of the molecule is COc1ccc(-c2ccc3nc(C(=O)OO)ccc3c2)cc1. The van der Waals surface area contributed by atoms with Gasteiger partial charge in [-0.15, -0.1) is 0 Å². The van der Waals surface area contributed by atoms with E-state index in [1.807, 2.05) is 42.5 Å². The lowest BCUT2D eigenvalue weighted by Gasteiger charge is -2.06. The molecule has 110 valence electrons. The fourth-order valence-corrected chi connectivity index (χ4v) is 2.25. The molecule has 3 aromatic rings. The molecule has 0 spiro atoms. The van der Waals surface area contributed by atoms with Crippen molar-refractivity contribution in [1.29, 1.82) is 0 Å². The van der Waals surface area contributed by atoms with E-state index in [9.17, 15) is 4.79 Å². The zero-order chi connectivity index (χ0) is 15.5. The number of aromatic nitrogens is 1. The van der Waals surface area contributed by atoms with Crippen LogP contribution in [0.3, 0.4) is 0 Å². The molecule has 1 N–H and O–H groups in total. The predicted octanol–water partition coefficient (Wildman–Crippen LogP) is 3.54. The van der Waals surface area contributed by atoms with E-state index in [4.69, 9.17) is 9.99 Å². The number of benzene rings is 2. The highest BCUT2D eigenvalue weighted by atomic mass is 17.1. The van der Waals surface area contributed by atoms with E-state index >= 15 is 0 Å². The van der Waals surface area contributed by atoms with Crippen LogP contribution in [-0.2, 0) is 4.89 Å². The average Bonchev–Trinajstić information content (AvgIpc) is 2.60. The van der Waals surface area contributed by atoms with Gasteiger partial charge in [-0.2, -0.15) is 5.26 Å². The molecule has 0 unspecified atom stereocenters. The first-order chi connectivity index (χ1) is 10.7. The third kappa shape index (κ3) is 2.62. The Bertz CT molecular complexity index is 828. The minimum absolute atomic E-state index is 0.0622. The Hall–Kier alpha value is -2.92. The minimum Gasteiger partial charge on any atom is -0.497 e. The van der Waals surface area contributed by atoms with Gasteiger partial charge in [0.25, 0.3) is 0 Å². The molecule has 0 saturated heterocycles. The van der Waals surface area contributed by atoms with Crippen LogP contribution in [0.25, 0.3) is 22.0 Å². The van der Waals surface area contributed by atoms with E-state index in [0.29, 0.717) is 5.52 Å². The van der Waals surface area contributed by atoms with Crippen molar-refractivity contribution >= 4 is 16.9 Å². The van der Waals surface area contributed by atoms with Crippen LogP contribution in [0.1, 0.15) is 10.5 Å². The van der Waals surface area contributed by atoms with E-state index in [2.05, 4.69) is 9.87 Å². The molecule has 5 heteroatoms. The molecule has 22 heavy (non-hydrogen) atoms. The van der Waals surface area contributed by atoms with E-state index in [1.165, 1.54) is 6.07 Å². The molecule has 0 saturated carbocycles. The van der Waals surface area contributed by atoms with Gasteiger partial charge in [-0.1, -0.05) is 24.3 Å². The molecule has 0 bridgehead atoms. The van der Waals surface area contributed by atoms with Crippen molar-refractivity contribution in [3.63, 3.8) is 0 Å². The van der Waals surface area contributed by atoms with Gasteiger partial charge in [0, 0.05) is 5.39 Å². The maximum atomic E-state index is 11.3. The number of ether oxygens (including phenoxy) is 1. The summed E-state index contributed by atoms with van der Waals surface area (Å²) in [6, 6.07) is 16.8. The van der Waals surface area contributed by atoms with Gasteiger partial charge in [0.05, 0.1) is 12.6 Å². The van der Waals surface area contributed by atoms with Crippen LogP contribution in [0.5, 0.6) is 5.75 Å². The molecule has 0 fully saturated rings. The van der Waals surface area contributed by atoms with Gasteiger partial charge < -0.3 is 4.74 Å². The van der Waals surface area contributed by atoms with Crippen molar-refractivity contribution in [3.8, 4) is 16.9 Å². The first-order valence-electron chi connectivity index (χ1n) is 6.62. The van der Waals surface area contributed by atoms with Crippen LogP contribution in [-0.4, -0.2) is 23.3 Å². The standard InChI is InChI=1S/C17H13NO4/c1-21-14-6-2-11(3-7-14)12-4-8-15-13(10-12)5-9-16(18-15)17(19)22-20/h2-10,20H,1H3. The van der Waals surface area contributed by atoms with Crippen molar-refractivity contribution < 1.29 is 19.7 Å². The summed E-state index contributed by atoms with van der Waals surface area (Å²) in [6.07, 6.45) is 0. The molecule has 2 aromatic carbocycles. The predicted molar refractivity (Wildman–Crippen MR) is 81.8 cm³/mol. The van der Waals surface area contributed by atoms with Crippen molar-refractivity contribution in [1.82, 2.24) is 4.98 Å². The van der Waals surface area contributed by atoms with Gasteiger partial charge >= 0.3 is 5.97 Å². The number of pyridine rings is 1. The molecular formula is C17H13NO4. The summed E-state index contributed by atoms with van der Waals surface area (Å²) in [5.41, 5.74) is 2.81. The number of hydrogen-bond acceptors (Lipinski definition) is 5. The van der Waals surface area contributed by atoms with Crippen molar-refractivity contribution in [2.45, 2.75) is 0 Å². The number of carbonyl (C=O) groups excluding carboxylic acids is 1. The third-order valence-electron chi connectivity index (χ3n) is 3.40. The van der Waals surface area contributed by atoms with Crippen LogP contribution in [0.2, 0.25) is 0 Å². The Balaban J connectivity index is 2.00. The topological polar surface area (TPSA) is 68.7 Å². The molecule has 0 amide bonds. The number of carbonyl (C=O) groups is 1. The molecule has 1 heterocycles. The second-order valence-corrected chi connectivity index (χ2v) is 4.71.